The lowest BCUT2D eigenvalue weighted by Gasteiger charge is -2.12. The van der Waals surface area contributed by atoms with Gasteiger partial charge >= 0.3 is 6.03 Å². The van der Waals surface area contributed by atoms with Gasteiger partial charge in [0.2, 0.25) is 5.88 Å². The van der Waals surface area contributed by atoms with Gasteiger partial charge in [-0.3, -0.25) is 0 Å². The van der Waals surface area contributed by atoms with E-state index in [0.717, 1.165) is 0 Å². The van der Waals surface area contributed by atoms with E-state index in [2.05, 4.69) is 10.3 Å². The van der Waals surface area contributed by atoms with Gasteiger partial charge in [0.25, 0.3) is 0 Å². The SMILES string of the molecule is CN(C)C(=O)Nc1ccc(Oc2ccc(Cl)c(C#N)n2)cc1. The summed E-state index contributed by atoms with van der Waals surface area (Å²) >= 11 is 5.81. The van der Waals surface area contributed by atoms with Crippen molar-refractivity contribution < 1.29 is 9.53 Å². The Kier molecular flexibility index (Phi) is 4.81. The molecule has 1 heterocycles. The van der Waals surface area contributed by atoms with Gasteiger partial charge in [-0.1, -0.05) is 11.6 Å². The summed E-state index contributed by atoms with van der Waals surface area (Å²) in [7, 11) is 3.32. The molecule has 7 heteroatoms. The molecule has 0 saturated carbocycles. The summed E-state index contributed by atoms with van der Waals surface area (Å²) in [6, 6.07) is 11.6. The number of anilines is 1. The van der Waals surface area contributed by atoms with Gasteiger partial charge in [-0.25, -0.2) is 9.78 Å². The van der Waals surface area contributed by atoms with Crippen LogP contribution in [0.3, 0.4) is 0 Å². The van der Waals surface area contributed by atoms with E-state index in [1.807, 2.05) is 6.07 Å². The van der Waals surface area contributed by atoms with Crippen molar-refractivity contribution >= 4 is 23.3 Å². The van der Waals surface area contributed by atoms with Gasteiger partial charge in [0, 0.05) is 25.8 Å². The number of carbonyl (C=O) groups excluding carboxylic acids is 1. The summed E-state index contributed by atoms with van der Waals surface area (Å²) in [5.74, 6) is 0.799. The molecule has 1 aromatic carbocycles. The number of benzene rings is 1. The van der Waals surface area contributed by atoms with Crippen molar-refractivity contribution in [2.45, 2.75) is 0 Å². The molecule has 0 fully saturated rings. The quantitative estimate of drug-likeness (QED) is 0.940. The topological polar surface area (TPSA) is 78.3 Å². The number of carbonyl (C=O) groups is 1. The maximum atomic E-state index is 11.5. The molecule has 0 spiro atoms. The molecule has 0 atom stereocenters. The Hall–Kier alpha value is -2.78. The highest BCUT2D eigenvalue weighted by Crippen LogP contribution is 2.24. The number of pyridine rings is 1. The van der Waals surface area contributed by atoms with Gasteiger partial charge in [-0.2, -0.15) is 5.26 Å². The van der Waals surface area contributed by atoms with Crippen LogP contribution in [0.15, 0.2) is 36.4 Å². The molecule has 0 aliphatic heterocycles. The van der Waals surface area contributed by atoms with Crippen LogP contribution in [0.1, 0.15) is 5.69 Å². The molecular weight excluding hydrogens is 304 g/mol. The number of amides is 2. The number of urea groups is 1. The summed E-state index contributed by atoms with van der Waals surface area (Å²) in [4.78, 5) is 16.9. The lowest BCUT2D eigenvalue weighted by molar-refractivity contribution is 0.230. The van der Waals surface area contributed by atoms with E-state index in [9.17, 15) is 4.79 Å². The Morgan fingerprint density at radius 1 is 1.27 bits per heavy atom. The van der Waals surface area contributed by atoms with E-state index in [1.54, 1.807) is 50.5 Å². The van der Waals surface area contributed by atoms with Crippen LogP contribution in [0, 0.1) is 11.3 Å². The second-order valence-corrected chi connectivity index (χ2v) is 4.95. The van der Waals surface area contributed by atoms with Crippen LogP contribution in [-0.2, 0) is 0 Å². The third-order valence-corrected chi connectivity index (χ3v) is 2.97. The lowest BCUT2D eigenvalue weighted by Crippen LogP contribution is -2.27. The fraction of sp³-hybridized carbons (Fsp3) is 0.133. The van der Waals surface area contributed by atoms with Crippen LogP contribution in [0.5, 0.6) is 11.6 Å². The summed E-state index contributed by atoms with van der Waals surface area (Å²) in [6.45, 7) is 0. The number of halogens is 1. The molecule has 0 unspecified atom stereocenters. The van der Waals surface area contributed by atoms with Crippen molar-refractivity contribution in [2.75, 3.05) is 19.4 Å². The zero-order chi connectivity index (χ0) is 16.1. The predicted octanol–water partition coefficient (Wildman–Crippen LogP) is 3.49. The minimum absolute atomic E-state index is 0.106. The molecule has 112 valence electrons. The number of aromatic nitrogens is 1. The van der Waals surface area contributed by atoms with Gasteiger partial charge in [-0.15, -0.1) is 0 Å². The van der Waals surface area contributed by atoms with Crippen LogP contribution in [0.2, 0.25) is 5.02 Å². The number of nitrogens with one attached hydrogen (secondary N) is 1. The highest BCUT2D eigenvalue weighted by Gasteiger charge is 2.06. The van der Waals surface area contributed by atoms with Crippen molar-refractivity contribution in [1.29, 1.82) is 5.26 Å². The molecule has 2 amide bonds. The van der Waals surface area contributed by atoms with E-state index in [0.29, 0.717) is 11.4 Å². The zero-order valence-electron chi connectivity index (χ0n) is 12.0. The van der Waals surface area contributed by atoms with Crippen molar-refractivity contribution in [1.82, 2.24) is 9.88 Å². The molecule has 0 bridgehead atoms. The molecular formula is C15H13ClN4O2. The van der Waals surface area contributed by atoms with E-state index in [-0.39, 0.29) is 22.6 Å². The first-order chi connectivity index (χ1) is 10.5. The molecule has 2 aromatic rings. The Morgan fingerprint density at radius 2 is 1.95 bits per heavy atom. The first-order valence-corrected chi connectivity index (χ1v) is 6.70. The van der Waals surface area contributed by atoms with Gasteiger partial charge in [-0.05, 0) is 30.3 Å². The third kappa shape index (κ3) is 3.87. The van der Waals surface area contributed by atoms with Crippen molar-refractivity contribution in [2.24, 2.45) is 0 Å². The van der Waals surface area contributed by atoms with E-state index in [4.69, 9.17) is 21.6 Å². The molecule has 0 radical (unpaired) electrons. The average molecular weight is 317 g/mol. The molecule has 2 rings (SSSR count). The van der Waals surface area contributed by atoms with Crippen molar-refractivity contribution in [3.8, 4) is 17.7 Å². The summed E-state index contributed by atoms with van der Waals surface area (Å²) in [5, 5.41) is 11.9. The Morgan fingerprint density at radius 3 is 2.55 bits per heavy atom. The number of nitrogens with zero attached hydrogens (tertiary/aromatic N) is 3. The number of hydrogen-bond donors (Lipinski definition) is 1. The summed E-state index contributed by atoms with van der Waals surface area (Å²) in [5.41, 5.74) is 0.752. The standard InChI is InChI=1S/C15H13ClN4O2/c1-20(2)15(21)18-10-3-5-11(6-4-10)22-14-8-7-12(16)13(9-17)19-14/h3-8H,1-2H3,(H,18,21). The predicted molar refractivity (Wildman–Crippen MR) is 83.2 cm³/mol. The van der Waals surface area contributed by atoms with Gasteiger partial charge < -0.3 is 15.0 Å². The van der Waals surface area contributed by atoms with E-state index in [1.165, 1.54) is 4.90 Å². The molecule has 0 saturated heterocycles. The third-order valence-electron chi connectivity index (χ3n) is 2.66. The first kappa shape index (κ1) is 15.6. The largest absolute Gasteiger partial charge is 0.439 e. The summed E-state index contributed by atoms with van der Waals surface area (Å²) in [6.07, 6.45) is 0. The molecule has 1 N–H and O–H groups in total. The lowest BCUT2D eigenvalue weighted by atomic mass is 10.3. The monoisotopic (exact) mass is 316 g/mol. The molecule has 1 aromatic heterocycles. The number of ether oxygens (including phenoxy) is 1. The molecule has 22 heavy (non-hydrogen) atoms. The molecule has 6 nitrogen and oxygen atoms in total. The van der Waals surface area contributed by atoms with Gasteiger partial charge in [0.1, 0.15) is 11.8 Å². The van der Waals surface area contributed by atoms with Gasteiger partial charge in [0.05, 0.1) is 5.02 Å². The normalized spacial score (nSPS) is 9.73. The Balaban J connectivity index is 2.08. The van der Waals surface area contributed by atoms with Crippen LogP contribution in [0.4, 0.5) is 10.5 Å². The van der Waals surface area contributed by atoms with Crippen LogP contribution >= 0.6 is 11.6 Å². The number of nitriles is 1. The van der Waals surface area contributed by atoms with Gasteiger partial charge in [0.15, 0.2) is 5.69 Å². The first-order valence-electron chi connectivity index (χ1n) is 6.32. The van der Waals surface area contributed by atoms with Crippen LogP contribution in [0.25, 0.3) is 0 Å². The average Bonchev–Trinajstić information content (AvgIpc) is 2.51. The highest BCUT2D eigenvalue weighted by molar-refractivity contribution is 6.31. The van der Waals surface area contributed by atoms with Crippen molar-refractivity contribution in [3.63, 3.8) is 0 Å². The Labute approximate surface area is 132 Å². The molecule has 0 aliphatic rings. The minimum Gasteiger partial charge on any atom is -0.439 e. The number of hydrogen-bond acceptors (Lipinski definition) is 4. The van der Waals surface area contributed by atoms with E-state index >= 15 is 0 Å². The fourth-order valence-electron chi connectivity index (χ4n) is 1.52. The molecule has 0 aliphatic carbocycles. The minimum atomic E-state index is -0.216. The zero-order valence-corrected chi connectivity index (χ0v) is 12.8. The maximum Gasteiger partial charge on any atom is 0.321 e. The summed E-state index contributed by atoms with van der Waals surface area (Å²) < 4.78 is 5.54. The van der Waals surface area contributed by atoms with Crippen LogP contribution in [-0.4, -0.2) is 30.0 Å². The smallest absolute Gasteiger partial charge is 0.321 e. The maximum absolute atomic E-state index is 11.5. The van der Waals surface area contributed by atoms with Crippen molar-refractivity contribution in [3.05, 3.63) is 47.1 Å². The highest BCUT2D eigenvalue weighted by atomic mass is 35.5. The van der Waals surface area contributed by atoms with Crippen LogP contribution < -0.4 is 10.1 Å². The fourth-order valence-corrected chi connectivity index (χ4v) is 1.67. The number of rotatable bonds is 3. The second-order valence-electron chi connectivity index (χ2n) is 4.54. The second kappa shape index (κ2) is 6.78. The van der Waals surface area contributed by atoms with E-state index < -0.39 is 0 Å². The Bertz CT molecular complexity index is 723.